The van der Waals surface area contributed by atoms with Crippen molar-refractivity contribution >= 4 is 27.7 Å². The van der Waals surface area contributed by atoms with Crippen molar-refractivity contribution in [3.63, 3.8) is 0 Å². The fourth-order valence-electron chi connectivity index (χ4n) is 2.64. The summed E-state index contributed by atoms with van der Waals surface area (Å²) in [6.07, 6.45) is 3.52. The Morgan fingerprint density at radius 1 is 1.04 bits per heavy atom. The Morgan fingerprint density at radius 3 is 2.56 bits per heavy atom. The first kappa shape index (κ1) is 17.9. The third kappa shape index (κ3) is 3.81. The molecule has 4 aromatic rings. The number of aromatic nitrogens is 5. The van der Waals surface area contributed by atoms with E-state index in [0.29, 0.717) is 10.4 Å². The van der Waals surface area contributed by atoms with Crippen LogP contribution in [0.5, 0.6) is 0 Å². The Kier molecular flexibility index (Phi) is 5.09. The number of halogens is 1. The van der Waals surface area contributed by atoms with Crippen molar-refractivity contribution < 1.29 is 4.52 Å². The number of hydrogen-bond donors (Lipinski definition) is 0. The summed E-state index contributed by atoms with van der Waals surface area (Å²) in [5.41, 5.74) is 4.45. The minimum Gasteiger partial charge on any atom is -0.359 e. The zero-order valence-corrected chi connectivity index (χ0v) is 17.2. The quantitative estimate of drug-likeness (QED) is 0.406. The van der Waals surface area contributed by atoms with Gasteiger partial charge in [0.1, 0.15) is 10.4 Å². The molecule has 0 saturated heterocycles. The Labute approximate surface area is 169 Å². The van der Waals surface area contributed by atoms with E-state index in [0.717, 1.165) is 28.0 Å². The molecule has 0 N–H and O–H groups in total. The maximum absolute atomic E-state index is 5.27. The topological polar surface area (TPSA) is 69.6 Å². The van der Waals surface area contributed by atoms with Crippen LogP contribution in [0.15, 0.2) is 63.1 Å². The smallest absolute Gasteiger partial charge is 0.196 e. The Morgan fingerprint density at radius 2 is 1.85 bits per heavy atom. The van der Waals surface area contributed by atoms with Crippen LogP contribution in [0.3, 0.4) is 0 Å². The highest BCUT2D eigenvalue weighted by Crippen LogP contribution is 2.30. The number of benzene rings is 1. The number of nitrogens with zero attached hydrogens (tertiary/aromatic N) is 5. The number of rotatable bonds is 5. The van der Waals surface area contributed by atoms with Gasteiger partial charge < -0.3 is 4.52 Å². The predicted octanol–water partition coefficient (Wildman–Crippen LogP) is 4.99. The molecule has 0 aliphatic rings. The third-order valence-electron chi connectivity index (χ3n) is 4.19. The number of hydrogen-bond acceptors (Lipinski definition) is 6. The second kappa shape index (κ2) is 7.66. The van der Waals surface area contributed by atoms with E-state index >= 15 is 0 Å². The number of pyridine rings is 1. The maximum atomic E-state index is 5.27. The normalized spacial score (nSPS) is 11.1. The van der Waals surface area contributed by atoms with Gasteiger partial charge >= 0.3 is 0 Å². The van der Waals surface area contributed by atoms with Gasteiger partial charge in [-0.3, -0.25) is 9.55 Å². The van der Waals surface area contributed by atoms with Crippen LogP contribution in [-0.2, 0) is 5.75 Å². The zero-order chi connectivity index (χ0) is 18.8. The molecular formula is C19H16BrN5OS. The Hall–Kier alpha value is -2.45. The van der Waals surface area contributed by atoms with Gasteiger partial charge in [-0.05, 0) is 65.2 Å². The fraction of sp³-hybridized carbons (Fsp3) is 0.158. The van der Waals surface area contributed by atoms with Crippen LogP contribution in [0, 0.1) is 13.8 Å². The highest BCUT2D eigenvalue weighted by atomic mass is 79.9. The van der Waals surface area contributed by atoms with E-state index in [9.17, 15) is 0 Å². The summed E-state index contributed by atoms with van der Waals surface area (Å²) in [4.78, 5) is 4.10. The van der Waals surface area contributed by atoms with E-state index in [4.69, 9.17) is 4.52 Å². The van der Waals surface area contributed by atoms with Gasteiger partial charge in [-0.2, -0.15) is 0 Å². The molecule has 136 valence electrons. The Bertz CT molecular complexity index is 1080. The van der Waals surface area contributed by atoms with Crippen LogP contribution < -0.4 is 0 Å². The summed E-state index contributed by atoms with van der Waals surface area (Å²) >= 11 is 4.86. The molecule has 4 rings (SSSR count). The van der Waals surface area contributed by atoms with E-state index in [1.54, 1.807) is 24.2 Å². The van der Waals surface area contributed by atoms with Crippen molar-refractivity contribution in [3.8, 4) is 17.1 Å². The molecule has 0 atom stereocenters. The molecule has 0 amide bonds. The van der Waals surface area contributed by atoms with E-state index in [1.165, 1.54) is 11.1 Å². The lowest BCUT2D eigenvalue weighted by Crippen LogP contribution is -2.01. The van der Waals surface area contributed by atoms with Crippen LogP contribution in [0.1, 0.15) is 16.9 Å². The molecule has 3 aromatic heterocycles. The summed E-state index contributed by atoms with van der Waals surface area (Å²) < 4.78 is 8.03. The standard InChI is InChI=1S/C19H16BrN5OS/c1-12-3-4-15(9-13(12)2)25-18(14-5-7-21-8-6-14)22-23-19(25)27-11-16-10-17(20)24-26-16/h3-10H,11H2,1-2H3. The Balaban J connectivity index is 1.76. The van der Waals surface area contributed by atoms with Gasteiger partial charge in [0.2, 0.25) is 0 Å². The van der Waals surface area contributed by atoms with Crippen LogP contribution >= 0.6 is 27.7 Å². The molecule has 0 radical (unpaired) electrons. The first-order valence-electron chi connectivity index (χ1n) is 8.29. The van der Waals surface area contributed by atoms with Crippen LogP contribution in [-0.4, -0.2) is 24.9 Å². The lowest BCUT2D eigenvalue weighted by molar-refractivity contribution is 0.391. The average Bonchev–Trinajstić information content (AvgIpc) is 3.29. The first-order chi connectivity index (χ1) is 13.1. The third-order valence-corrected chi connectivity index (χ3v) is 5.52. The molecule has 0 bridgehead atoms. The molecular weight excluding hydrogens is 426 g/mol. The average molecular weight is 442 g/mol. The van der Waals surface area contributed by atoms with Gasteiger partial charge in [0.05, 0.1) is 11.4 Å². The summed E-state index contributed by atoms with van der Waals surface area (Å²) in [6, 6.07) is 12.1. The summed E-state index contributed by atoms with van der Waals surface area (Å²) in [5.74, 6) is 2.16. The van der Waals surface area contributed by atoms with E-state index in [1.807, 2.05) is 18.2 Å². The lowest BCUT2D eigenvalue weighted by Gasteiger charge is -2.12. The molecule has 6 nitrogen and oxygen atoms in total. The maximum Gasteiger partial charge on any atom is 0.196 e. The SMILES string of the molecule is Cc1ccc(-n2c(SCc3cc(Br)no3)nnc2-c2ccncc2)cc1C. The van der Waals surface area contributed by atoms with Crippen molar-refractivity contribution in [3.05, 3.63) is 70.3 Å². The van der Waals surface area contributed by atoms with Crippen molar-refractivity contribution in [2.24, 2.45) is 0 Å². The van der Waals surface area contributed by atoms with E-state index in [2.05, 4.69) is 72.9 Å². The van der Waals surface area contributed by atoms with Crippen LogP contribution in [0.2, 0.25) is 0 Å². The second-order valence-corrected chi connectivity index (χ2v) is 7.81. The van der Waals surface area contributed by atoms with Crippen molar-refractivity contribution in [1.29, 1.82) is 0 Å². The number of aryl methyl sites for hydroxylation is 2. The lowest BCUT2D eigenvalue weighted by atomic mass is 10.1. The molecule has 0 saturated carbocycles. The van der Waals surface area contributed by atoms with Crippen molar-refractivity contribution in [2.45, 2.75) is 24.8 Å². The van der Waals surface area contributed by atoms with Gasteiger partial charge in [-0.1, -0.05) is 23.0 Å². The first-order valence-corrected chi connectivity index (χ1v) is 10.1. The van der Waals surface area contributed by atoms with E-state index in [-0.39, 0.29) is 0 Å². The highest BCUT2D eigenvalue weighted by molar-refractivity contribution is 9.10. The van der Waals surface area contributed by atoms with Gasteiger partial charge in [-0.25, -0.2) is 0 Å². The summed E-state index contributed by atoms with van der Waals surface area (Å²) in [6.45, 7) is 4.21. The van der Waals surface area contributed by atoms with Crippen molar-refractivity contribution in [2.75, 3.05) is 0 Å². The largest absolute Gasteiger partial charge is 0.359 e. The van der Waals surface area contributed by atoms with Gasteiger partial charge in [0.25, 0.3) is 0 Å². The molecule has 27 heavy (non-hydrogen) atoms. The molecule has 0 fully saturated rings. The van der Waals surface area contributed by atoms with Crippen molar-refractivity contribution in [1.82, 2.24) is 24.9 Å². The molecule has 8 heteroatoms. The van der Waals surface area contributed by atoms with Gasteiger partial charge in [-0.15, -0.1) is 10.2 Å². The molecule has 0 unspecified atom stereocenters. The minimum absolute atomic E-state index is 0.609. The molecule has 0 spiro atoms. The van der Waals surface area contributed by atoms with Gasteiger partial charge in [0, 0.05) is 24.0 Å². The van der Waals surface area contributed by atoms with Crippen LogP contribution in [0.4, 0.5) is 0 Å². The summed E-state index contributed by atoms with van der Waals surface area (Å²) in [7, 11) is 0. The number of thioether (sulfide) groups is 1. The molecule has 0 aliphatic heterocycles. The zero-order valence-electron chi connectivity index (χ0n) is 14.8. The molecule has 1 aromatic carbocycles. The predicted molar refractivity (Wildman–Crippen MR) is 108 cm³/mol. The summed E-state index contributed by atoms with van der Waals surface area (Å²) in [5, 5.41) is 13.5. The minimum atomic E-state index is 0.609. The van der Waals surface area contributed by atoms with Crippen LogP contribution in [0.25, 0.3) is 17.1 Å². The van der Waals surface area contributed by atoms with Gasteiger partial charge in [0.15, 0.2) is 11.0 Å². The highest BCUT2D eigenvalue weighted by Gasteiger charge is 2.17. The molecule has 0 aliphatic carbocycles. The fourth-order valence-corrected chi connectivity index (χ4v) is 3.79. The monoisotopic (exact) mass is 441 g/mol. The molecule has 3 heterocycles. The van der Waals surface area contributed by atoms with E-state index < -0.39 is 0 Å². The second-order valence-electron chi connectivity index (χ2n) is 6.05.